The second-order valence-electron chi connectivity index (χ2n) is 2.69. The van der Waals surface area contributed by atoms with Crippen LogP contribution in [0, 0.1) is 0 Å². The standard InChI is InChI=1S/C9H4BrCl2N3/c10-7-8(14-4-15-9(7)12)5-1-2-13-6(11)3-5/h1-4H. The van der Waals surface area contributed by atoms with Gasteiger partial charge in [-0.05, 0) is 28.1 Å². The summed E-state index contributed by atoms with van der Waals surface area (Å²) < 4.78 is 0.647. The smallest absolute Gasteiger partial charge is 0.147 e. The Morgan fingerprint density at radius 3 is 2.67 bits per heavy atom. The molecule has 0 bridgehead atoms. The molecule has 0 saturated heterocycles. The fraction of sp³-hybridized carbons (Fsp3) is 0. The summed E-state index contributed by atoms with van der Waals surface area (Å²) in [5, 5.41) is 0.780. The number of aromatic nitrogens is 3. The molecule has 0 radical (unpaired) electrons. The van der Waals surface area contributed by atoms with Gasteiger partial charge in [0, 0.05) is 11.8 Å². The van der Waals surface area contributed by atoms with Crippen LogP contribution >= 0.6 is 39.1 Å². The Morgan fingerprint density at radius 1 is 1.13 bits per heavy atom. The van der Waals surface area contributed by atoms with Crippen molar-refractivity contribution in [3.8, 4) is 11.3 Å². The highest BCUT2D eigenvalue weighted by Crippen LogP contribution is 2.30. The Kier molecular flexibility index (Phi) is 3.19. The van der Waals surface area contributed by atoms with Gasteiger partial charge in [0.2, 0.25) is 0 Å². The summed E-state index contributed by atoms with van der Waals surface area (Å²) in [7, 11) is 0. The molecular formula is C9H4BrCl2N3. The Balaban J connectivity index is 2.59. The predicted octanol–water partition coefficient (Wildman–Crippen LogP) is 3.61. The van der Waals surface area contributed by atoms with E-state index in [0.29, 0.717) is 20.5 Å². The molecule has 0 aliphatic rings. The molecule has 0 unspecified atom stereocenters. The molecule has 2 aromatic rings. The predicted molar refractivity (Wildman–Crippen MR) is 63.0 cm³/mol. The quantitative estimate of drug-likeness (QED) is 0.597. The summed E-state index contributed by atoms with van der Waals surface area (Å²) in [6.45, 7) is 0. The third-order valence-electron chi connectivity index (χ3n) is 1.75. The maximum Gasteiger partial charge on any atom is 0.147 e. The Bertz CT molecular complexity index is 504. The van der Waals surface area contributed by atoms with E-state index in [4.69, 9.17) is 23.2 Å². The molecule has 2 aromatic heterocycles. The van der Waals surface area contributed by atoms with Crippen molar-refractivity contribution in [3.05, 3.63) is 39.4 Å². The summed E-state index contributed by atoms with van der Waals surface area (Å²) in [5.41, 5.74) is 1.53. The summed E-state index contributed by atoms with van der Waals surface area (Å²) in [5.74, 6) is 0. The van der Waals surface area contributed by atoms with Crippen LogP contribution < -0.4 is 0 Å². The molecule has 0 aromatic carbocycles. The van der Waals surface area contributed by atoms with E-state index in [-0.39, 0.29) is 0 Å². The summed E-state index contributed by atoms with van der Waals surface area (Å²) in [6.07, 6.45) is 3.01. The Morgan fingerprint density at radius 2 is 1.93 bits per heavy atom. The van der Waals surface area contributed by atoms with E-state index in [1.165, 1.54) is 6.33 Å². The fourth-order valence-electron chi connectivity index (χ4n) is 1.10. The normalized spacial score (nSPS) is 10.3. The van der Waals surface area contributed by atoms with Gasteiger partial charge in [-0.15, -0.1) is 0 Å². The fourth-order valence-corrected chi connectivity index (χ4v) is 1.84. The lowest BCUT2D eigenvalue weighted by Gasteiger charge is -2.03. The molecular weight excluding hydrogens is 301 g/mol. The molecule has 15 heavy (non-hydrogen) atoms. The van der Waals surface area contributed by atoms with Crippen LogP contribution in [0.3, 0.4) is 0 Å². The van der Waals surface area contributed by atoms with Gasteiger partial charge in [-0.1, -0.05) is 23.2 Å². The zero-order chi connectivity index (χ0) is 10.8. The van der Waals surface area contributed by atoms with E-state index >= 15 is 0 Å². The van der Waals surface area contributed by atoms with E-state index in [9.17, 15) is 0 Å². The molecule has 0 N–H and O–H groups in total. The van der Waals surface area contributed by atoms with Crippen LogP contribution in [-0.4, -0.2) is 15.0 Å². The summed E-state index contributed by atoms with van der Waals surface area (Å²) >= 11 is 15.0. The molecule has 0 saturated carbocycles. The SMILES string of the molecule is Clc1cc(-c2ncnc(Cl)c2Br)ccn1. The highest BCUT2D eigenvalue weighted by atomic mass is 79.9. The second kappa shape index (κ2) is 4.43. The monoisotopic (exact) mass is 303 g/mol. The molecule has 0 aliphatic carbocycles. The average molecular weight is 305 g/mol. The van der Waals surface area contributed by atoms with Gasteiger partial charge >= 0.3 is 0 Å². The Labute approximate surface area is 105 Å². The maximum atomic E-state index is 5.86. The summed E-state index contributed by atoms with van der Waals surface area (Å²) in [6, 6.07) is 3.51. The first kappa shape index (κ1) is 10.8. The van der Waals surface area contributed by atoms with Crippen LogP contribution in [0.2, 0.25) is 10.3 Å². The molecule has 0 fully saturated rings. The van der Waals surface area contributed by atoms with Gasteiger partial charge in [0.1, 0.15) is 16.6 Å². The largest absolute Gasteiger partial charge is 0.245 e. The number of hydrogen-bond acceptors (Lipinski definition) is 3. The number of pyridine rings is 1. The molecule has 0 amide bonds. The van der Waals surface area contributed by atoms with Gasteiger partial charge in [0.15, 0.2) is 0 Å². The van der Waals surface area contributed by atoms with Crippen molar-refractivity contribution in [3.63, 3.8) is 0 Å². The third-order valence-corrected chi connectivity index (χ3v) is 3.22. The minimum absolute atomic E-state index is 0.368. The van der Waals surface area contributed by atoms with Gasteiger partial charge < -0.3 is 0 Å². The first-order valence-corrected chi connectivity index (χ1v) is 5.51. The molecule has 0 aliphatic heterocycles. The van der Waals surface area contributed by atoms with Crippen molar-refractivity contribution in [1.82, 2.24) is 15.0 Å². The first-order valence-electron chi connectivity index (χ1n) is 3.96. The lowest BCUT2D eigenvalue weighted by molar-refractivity contribution is 1.15. The van der Waals surface area contributed by atoms with Crippen molar-refractivity contribution >= 4 is 39.1 Å². The van der Waals surface area contributed by atoms with Gasteiger partial charge in [-0.25, -0.2) is 15.0 Å². The van der Waals surface area contributed by atoms with Crippen LogP contribution in [-0.2, 0) is 0 Å². The van der Waals surface area contributed by atoms with Crippen LogP contribution in [0.25, 0.3) is 11.3 Å². The molecule has 3 nitrogen and oxygen atoms in total. The van der Waals surface area contributed by atoms with Crippen molar-refractivity contribution in [1.29, 1.82) is 0 Å². The first-order chi connectivity index (χ1) is 7.18. The van der Waals surface area contributed by atoms with Crippen molar-refractivity contribution in [2.24, 2.45) is 0 Å². The van der Waals surface area contributed by atoms with E-state index in [1.807, 2.05) is 0 Å². The zero-order valence-electron chi connectivity index (χ0n) is 7.28. The minimum atomic E-state index is 0.368. The highest BCUT2D eigenvalue weighted by Gasteiger charge is 2.09. The van der Waals surface area contributed by atoms with Gasteiger partial charge in [0.05, 0.1) is 10.2 Å². The van der Waals surface area contributed by atoms with Gasteiger partial charge in [-0.2, -0.15) is 0 Å². The molecule has 0 spiro atoms. The van der Waals surface area contributed by atoms with Crippen LogP contribution in [0.5, 0.6) is 0 Å². The summed E-state index contributed by atoms with van der Waals surface area (Å²) in [4.78, 5) is 11.9. The zero-order valence-corrected chi connectivity index (χ0v) is 10.4. The van der Waals surface area contributed by atoms with Crippen LogP contribution in [0.15, 0.2) is 29.1 Å². The number of hydrogen-bond donors (Lipinski definition) is 0. The van der Waals surface area contributed by atoms with E-state index < -0.39 is 0 Å². The van der Waals surface area contributed by atoms with Gasteiger partial charge in [0.25, 0.3) is 0 Å². The maximum absolute atomic E-state index is 5.86. The van der Waals surface area contributed by atoms with Crippen molar-refractivity contribution in [2.75, 3.05) is 0 Å². The average Bonchev–Trinajstić information content (AvgIpc) is 2.22. The molecule has 2 rings (SSSR count). The minimum Gasteiger partial charge on any atom is -0.245 e. The number of halogens is 3. The van der Waals surface area contributed by atoms with Crippen molar-refractivity contribution < 1.29 is 0 Å². The van der Waals surface area contributed by atoms with E-state index in [0.717, 1.165) is 5.56 Å². The van der Waals surface area contributed by atoms with Crippen LogP contribution in [0.1, 0.15) is 0 Å². The molecule has 6 heteroatoms. The number of rotatable bonds is 1. The van der Waals surface area contributed by atoms with E-state index in [1.54, 1.807) is 18.3 Å². The molecule has 2 heterocycles. The molecule has 76 valence electrons. The second-order valence-corrected chi connectivity index (χ2v) is 4.23. The van der Waals surface area contributed by atoms with Crippen molar-refractivity contribution in [2.45, 2.75) is 0 Å². The van der Waals surface area contributed by atoms with E-state index in [2.05, 4.69) is 30.9 Å². The number of nitrogens with zero attached hydrogens (tertiary/aromatic N) is 3. The molecule has 0 atom stereocenters. The topological polar surface area (TPSA) is 38.7 Å². The van der Waals surface area contributed by atoms with Gasteiger partial charge in [-0.3, -0.25) is 0 Å². The lowest BCUT2D eigenvalue weighted by Crippen LogP contribution is -1.89. The Hall–Kier alpha value is -0.710. The highest BCUT2D eigenvalue weighted by molar-refractivity contribution is 9.10. The van der Waals surface area contributed by atoms with Crippen LogP contribution in [0.4, 0.5) is 0 Å². The lowest BCUT2D eigenvalue weighted by atomic mass is 10.2. The third kappa shape index (κ3) is 2.27.